The summed E-state index contributed by atoms with van der Waals surface area (Å²) in [4.78, 5) is 49.7. The number of rotatable bonds is 10. The molecule has 5 rings (SSSR count). The molecule has 0 aliphatic rings. The number of ether oxygens (including phenoxy) is 1. The summed E-state index contributed by atoms with van der Waals surface area (Å²) < 4.78 is 46.3. The van der Waals surface area contributed by atoms with Crippen molar-refractivity contribution in [3.8, 4) is 11.4 Å². The maximum absolute atomic E-state index is 14.0. The van der Waals surface area contributed by atoms with Crippen molar-refractivity contribution in [3.63, 3.8) is 0 Å². The zero-order valence-electron chi connectivity index (χ0n) is 24.5. The van der Waals surface area contributed by atoms with Gasteiger partial charge in [0, 0.05) is 18.9 Å². The van der Waals surface area contributed by atoms with E-state index in [4.69, 9.17) is 9.72 Å². The zero-order chi connectivity index (χ0) is 32.1. The second kappa shape index (κ2) is 13.1. The molecular weight excluding hydrogens is 585 g/mol. The molecule has 45 heavy (non-hydrogen) atoms. The van der Waals surface area contributed by atoms with Gasteiger partial charge in [0.25, 0.3) is 5.56 Å². The highest BCUT2D eigenvalue weighted by Gasteiger charge is 2.31. The number of Topliss-reactive ketones (excluding diaryl/α,β-unsaturated/α-hetero) is 1. The Bertz CT molecular complexity index is 1870. The van der Waals surface area contributed by atoms with Gasteiger partial charge in [-0.15, -0.1) is 0 Å². The third-order valence-electron chi connectivity index (χ3n) is 7.21. The van der Waals surface area contributed by atoms with Gasteiger partial charge in [-0.3, -0.25) is 23.9 Å². The molecule has 0 saturated carbocycles. The maximum atomic E-state index is 14.0. The van der Waals surface area contributed by atoms with Crippen LogP contribution >= 0.6 is 0 Å². The minimum absolute atomic E-state index is 0.0938. The summed E-state index contributed by atoms with van der Waals surface area (Å²) >= 11 is 0. The van der Waals surface area contributed by atoms with Gasteiger partial charge in [0.1, 0.15) is 18.2 Å². The Morgan fingerprint density at radius 2 is 1.64 bits per heavy atom. The van der Waals surface area contributed by atoms with Gasteiger partial charge in [0.2, 0.25) is 5.91 Å². The summed E-state index contributed by atoms with van der Waals surface area (Å²) in [6.07, 6.45) is -1.45. The Morgan fingerprint density at radius 1 is 0.933 bits per heavy atom. The molecule has 0 aliphatic carbocycles. The lowest BCUT2D eigenvalue weighted by atomic mass is 10.1. The molecule has 11 heteroatoms. The number of aromatic nitrogens is 3. The number of carbonyl (C=O) groups is 2. The highest BCUT2D eigenvalue weighted by Crippen LogP contribution is 2.30. The van der Waals surface area contributed by atoms with E-state index >= 15 is 0 Å². The monoisotopic (exact) mass is 614 g/mol. The van der Waals surface area contributed by atoms with E-state index in [9.17, 15) is 27.6 Å². The number of pyridine rings is 1. The highest BCUT2D eigenvalue weighted by atomic mass is 19.4. The minimum atomic E-state index is -4.49. The smallest absolute Gasteiger partial charge is 0.416 e. The van der Waals surface area contributed by atoms with Crippen LogP contribution in [0, 0.1) is 0 Å². The van der Waals surface area contributed by atoms with Gasteiger partial charge in [0.05, 0.1) is 34.6 Å². The van der Waals surface area contributed by atoms with Crippen LogP contribution in [-0.4, -0.2) is 37.7 Å². The summed E-state index contributed by atoms with van der Waals surface area (Å²) in [5.74, 6) is 0.198. The summed E-state index contributed by atoms with van der Waals surface area (Å²) in [7, 11) is 0. The zero-order valence-corrected chi connectivity index (χ0v) is 24.5. The Morgan fingerprint density at radius 3 is 2.29 bits per heavy atom. The summed E-state index contributed by atoms with van der Waals surface area (Å²) in [6.45, 7) is 3.18. The quantitative estimate of drug-likeness (QED) is 0.189. The Hall–Kier alpha value is -5.32. The molecule has 0 aliphatic heterocycles. The van der Waals surface area contributed by atoms with Crippen LogP contribution in [0.2, 0.25) is 0 Å². The number of nitrogens with zero attached hydrogens (tertiary/aromatic N) is 4. The van der Waals surface area contributed by atoms with Gasteiger partial charge in [-0.1, -0.05) is 30.3 Å². The van der Waals surface area contributed by atoms with Crippen molar-refractivity contribution in [1.82, 2.24) is 19.4 Å². The molecule has 0 radical (unpaired) electrons. The normalized spacial score (nSPS) is 12.1. The third kappa shape index (κ3) is 7.26. The van der Waals surface area contributed by atoms with Crippen LogP contribution in [0.3, 0.4) is 0 Å². The number of hydrogen-bond acceptors (Lipinski definition) is 6. The Labute approximate surface area is 256 Å². The van der Waals surface area contributed by atoms with E-state index in [2.05, 4.69) is 4.98 Å². The average Bonchev–Trinajstić information content (AvgIpc) is 3.03. The minimum Gasteiger partial charge on any atom is -0.486 e. The maximum Gasteiger partial charge on any atom is 0.416 e. The van der Waals surface area contributed by atoms with E-state index in [1.54, 1.807) is 80.0 Å². The number of alkyl halides is 3. The van der Waals surface area contributed by atoms with Gasteiger partial charge in [-0.05, 0) is 79.6 Å². The molecule has 0 saturated heterocycles. The SMILES string of the molecule is CC(=O)COc1ccc(-n2c([C@@H](C)N(Cc3cccnc3)C(=O)Cc3ccc(C(F)(F)F)cc3)nc3ccccc3c2=O)cc1. The van der Waals surface area contributed by atoms with E-state index in [0.717, 1.165) is 12.1 Å². The molecule has 0 unspecified atom stereocenters. The number of hydrogen-bond donors (Lipinski definition) is 0. The molecule has 0 bridgehead atoms. The summed E-state index contributed by atoms with van der Waals surface area (Å²) in [5, 5.41) is 0.375. The fourth-order valence-electron chi connectivity index (χ4n) is 4.91. The van der Waals surface area contributed by atoms with Crippen LogP contribution in [0.15, 0.2) is 102 Å². The van der Waals surface area contributed by atoms with Crippen molar-refractivity contribution in [3.05, 3.63) is 130 Å². The van der Waals surface area contributed by atoms with Gasteiger partial charge in [0.15, 0.2) is 5.78 Å². The molecule has 0 fully saturated rings. The molecule has 5 aromatic rings. The van der Waals surface area contributed by atoms with Crippen LogP contribution in [-0.2, 0) is 28.7 Å². The van der Waals surface area contributed by atoms with Crippen molar-refractivity contribution < 1.29 is 27.5 Å². The fourth-order valence-corrected chi connectivity index (χ4v) is 4.91. The predicted molar refractivity (Wildman–Crippen MR) is 162 cm³/mol. The van der Waals surface area contributed by atoms with E-state index in [0.29, 0.717) is 33.5 Å². The number of para-hydroxylation sites is 1. The predicted octanol–water partition coefficient (Wildman–Crippen LogP) is 6.10. The van der Waals surface area contributed by atoms with Gasteiger partial charge in [-0.25, -0.2) is 4.98 Å². The van der Waals surface area contributed by atoms with Crippen LogP contribution in [0.1, 0.15) is 42.4 Å². The number of amides is 1. The van der Waals surface area contributed by atoms with Gasteiger partial charge < -0.3 is 9.64 Å². The van der Waals surface area contributed by atoms with Gasteiger partial charge in [-0.2, -0.15) is 13.2 Å². The molecule has 2 aromatic heterocycles. The molecule has 1 amide bonds. The second-order valence-electron chi connectivity index (χ2n) is 10.5. The lowest BCUT2D eigenvalue weighted by Gasteiger charge is -2.31. The average molecular weight is 615 g/mol. The van der Waals surface area contributed by atoms with E-state index in [-0.39, 0.29) is 42.6 Å². The molecule has 3 aromatic carbocycles. The molecule has 2 heterocycles. The molecule has 1 atom stereocenters. The second-order valence-corrected chi connectivity index (χ2v) is 10.5. The van der Waals surface area contributed by atoms with Crippen LogP contribution in [0.4, 0.5) is 13.2 Å². The number of fused-ring (bicyclic) bond motifs is 1. The van der Waals surface area contributed by atoms with Gasteiger partial charge >= 0.3 is 6.18 Å². The van der Waals surface area contributed by atoms with Crippen LogP contribution < -0.4 is 10.3 Å². The highest BCUT2D eigenvalue weighted by molar-refractivity contribution is 5.80. The Balaban J connectivity index is 1.57. The first-order valence-corrected chi connectivity index (χ1v) is 14.1. The number of ketones is 1. The first-order chi connectivity index (χ1) is 21.5. The standard InChI is InChI=1S/C34H29F3N4O4/c1-22(42)21-45-28-15-13-27(14-16-28)41-32(39-30-8-4-3-7-29(30)33(41)44)23(2)40(20-25-6-5-17-38-19-25)31(43)18-24-9-11-26(12-10-24)34(35,36)37/h3-17,19,23H,18,20-21H2,1-2H3/t23-/m1/s1. The lowest BCUT2D eigenvalue weighted by Crippen LogP contribution is -2.38. The first kappa shape index (κ1) is 31.1. The van der Waals surface area contributed by atoms with E-state index in [1.165, 1.54) is 28.5 Å². The first-order valence-electron chi connectivity index (χ1n) is 14.1. The van der Waals surface area contributed by atoms with E-state index in [1.807, 2.05) is 0 Å². The molecule has 230 valence electrons. The van der Waals surface area contributed by atoms with Crippen molar-refractivity contribution in [2.45, 2.75) is 39.0 Å². The van der Waals surface area contributed by atoms with Crippen LogP contribution in [0.5, 0.6) is 5.75 Å². The largest absolute Gasteiger partial charge is 0.486 e. The summed E-state index contributed by atoms with van der Waals surface area (Å²) in [5.41, 5.74) is 0.872. The number of halogens is 3. The number of carbonyl (C=O) groups excluding carboxylic acids is 2. The topological polar surface area (TPSA) is 94.4 Å². The van der Waals surface area contributed by atoms with Crippen molar-refractivity contribution in [1.29, 1.82) is 0 Å². The molecule has 8 nitrogen and oxygen atoms in total. The molecule has 0 N–H and O–H groups in total. The molecule has 0 spiro atoms. The van der Waals surface area contributed by atoms with Crippen molar-refractivity contribution >= 4 is 22.6 Å². The Kier molecular flexibility index (Phi) is 9.08. The van der Waals surface area contributed by atoms with Crippen molar-refractivity contribution in [2.24, 2.45) is 0 Å². The fraction of sp³-hybridized carbons (Fsp3) is 0.206. The lowest BCUT2D eigenvalue weighted by molar-refractivity contribution is -0.137. The van der Waals surface area contributed by atoms with Crippen LogP contribution in [0.25, 0.3) is 16.6 Å². The van der Waals surface area contributed by atoms with E-state index < -0.39 is 17.8 Å². The third-order valence-corrected chi connectivity index (χ3v) is 7.21. The van der Waals surface area contributed by atoms with Crippen molar-refractivity contribution in [2.75, 3.05) is 6.61 Å². The molecular formula is C34H29F3N4O4. The number of benzene rings is 3. The summed E-state index contributed by atoms with van der Waals surface area (Å²) in [6, 6.07) is 20.7.